The number of allylic oxidation sites excluding steroid dienone is 1. The average molecular weight is 375 g/mol. The van der Waals surface area contributed by atoms with Gasteiger partial charge in [-0.1, -0.05) is 12.2 Å². The summed E-state index contributed by atoms with van der Waals surface area (Å²) in [5, 5.41) is 14.5. The summed E-state index contributed by atoms with van der Waals surface area (Å²) in [6.07, 6.45) is 3.04. The molecule has 2 N–H and O–H groups in total. The number of aliphatic hydroxyl groups is 1. The molecule has 0 radical (unpaired) electrons. The van der Waals surface area contributed by atoms with Crippen LogP contribution in [0.5, 0.6) is 0 Å². The number of aromatic nitrogens is 1. The molecule has 134 valence electrons. The quantitative estimate of drug-likeness (QED) is 0.415. The summed E-state index contributed by atoms with van der Waals surface area (Å²) in [5.41, 5.74) is -0.356. The van der Waals surface area contributed by atoms with Crippen molar-refractivity contribution in [2.75, 3.05) is 5.88 Å². The lowest BCUT2D eigenvalue weighted by molar-refractivity contribution is -0.122. The van der Waals surface area contributed by atoms with E-state index in [9.17, 15) is 14.7 Å². The van der Waals surface area contributed by atoms with E-state index >= 15 is 0 Å². The van der Waals surface area contributed by atoms with Crippen LogP contribution in [0, 0.1) is 0 Å². The molecule has 1 aromatic rings. The molecule has 0 bridgehead atoms. The van der Waals surface area contributed by atoms with Crippen molar-refractivity contribution in [1.29, 1.82) is 0 Å². The number of thiazole rings is 1. The second-order valence-electron chi connectivity index (χ2n) is 6.08. The van der Waals surface area contributed by atoms with Gasteiger partial charge in [0.25, 0.3) is 0 Å². The minimum Gasteiger partial charge on any atom is -0.455 e. The number of carbonyl (C=O) groups is 2. The first-order chi connectivity index (χ1) is 11.2. The van der Waals surface area contributed by atoms with Gasteiger partial charge in [-0.25, -0.2) is 9.78 Å². The van der Waals surface area contributed by atoms with Crippen LogP contribution in [0.25, 0.3) is 0 Å². The first kappa shape index (κ1) is 20.6. The Morgan fingerprint density at radius 2 is 2.21 bits per heavy atom. The molecule has 1 amide bonds. The van der Waals surface area contributed by atoms with Gasteiger partial charge < -0.3 is 15.2 Å². The van der Waals surface area contributed by atoms with Crippen molar-refractivity contribution in [2.24, 2.45) is 0 Å². The van der Waals surface area contributed by atoms with Gasteiger partial charge in [0.05, 0.1) is 19.1 Å². The van der Waals surface area contributed by atoms with Crippen molar-refractivity contribution >= 4 is 34.8 Å². The van der Waals surface area contributed by atoms with Gasteiger partial charge in [0, 0.05) is 11.3 Å². The number of ether oxygens (including phenoxy) is 1. The van der Waals surface area contributed by atoms with Crippen LogP contribution in [0.3, 0.4) is 0 Å². The van der Waals surface area contributed by atoms with Crippen molar-refractivity contribution in [3.05, 3.63) is 28.2 Å². The van der Waals surface area contributed by atoms with E-state index in [1.807, 2.05) is 0 Å². The number of halogens is 1. The number of aliphatic hydroxyl groups excluding tert-OH is 1. The molecule has 0 spiro atoms. The maximum Gasteiger partial charge on any atom is 0.358 e. The Hall–Kier alpha value is -1.44. The number of amides is 1. The molecule has 8 heteroatoms. The molecule has 24 heavy (non-hydrogen) atoms. The summed E-state index contributed by atoms with van der Waals surface area (Å²) in [6.45, 7) is 5.55. The minimum atomic E-state index is -0.846. The van der Waals surface area contributed by atoms with Gasteiger partial charge in [0.1, 0.15) is 10.6 Å². The smallest absolute Gasteiger partial charge is 0.358 e. The molecule has 0 aromatic carbocycles. The predicted octanol–water partition coefficient (Wildman–Crippen LogP) is 2.65. The van der Waals surface area contributed by atoms with Crippen molar-refractivity contribution in [2.45, 2.75) is 51.9 Å². The predicted molar refractivity (Wildman–Crippen MR) is 94.2 cm³/mol. The van der Waals surface area contributed by atoms with Crippen molar-refractivity contribution in [3.63, 3.8) is 0 Å². The van der Waals surface area contributed by atoms with E-state index in [-0.39, 0.29) is 24.6 Å². The first-order valence-corrected chi connectivity index (χ1v) is 8.98. The number of hydrogen-bond acceptors (Lipinski definition) is 6. The van der Waals surface area contributed by atoms with E-state index < -0.39 is 17.7 Å². The van der Waals surface area contributed by atoms with Gasteiger partial charge in [-0.05, 0) is 27.2 Å². The van der Waals surface area contributed by atoms with Gasteiger partial charge in [-0.2, -0.15) is 0 Å². The summed E-state index contributed by atoms with van der Waals surface area (Å²) in [6, 6.07) is 0. The lowest BCUT2D eigenvalue weighted by Crippen LogP contribution is -2.26. The summed E-state index contributed by atoms with van der Waals surface area (Å²) in [4.78, 5) is 27.8. The topological polar surface area (TPSA) is 88.5 Å². The third kappa shape index (κ3) is 8.42. The van der Waals surface area contributed by atoms with Crippen LogP contribution >= 0.6 is 22.9 Å². The standard InChI is InChI=1S/C16H23ClN2O4S/c1-16(2,3)23-15(22)12-10-24-14(19-12)9-18-13(21)8-11(20)6-4-5-7-17/h4,6,10-11,20H,5,7-9H2,1-3H3,(H,18,21)/t11-/m1/s1. The van der Waals surface area contributed by atoms with Crippen molar-refractivity contribution in [1.82, 2.24) is 10.3 Å². The Kier molecular flexibility index (Phi) is 8.38. The molecule has 0 saturated heterocycles. The largest absolute Gasteiger partial charge is 0.455 e. The van der Waals surface area contributed by atoms with Crippen LogP contribution in [0.1, 0.15) is 49.1 Å². The third-order valence-electron chi connectivity index (χ3n) is 2.63. The molecule has 0 fully saturated rings. The van der Waals surface area contributed by atoms with Gasteiger partial charge in [0.2, 0.25) is 5.91 Å². The molecule has 6 nitrogen and oxygen atoms in total. The highest BCUT2D eigenvalue weighted by Crippen LogP contribution is 2.15. The maximum absolute atomic E-state index is 11.9. The molecule has 0 aliphatic carbocycles. The molecular weight excluding hydrogens is 352 g/mol. The molecular formula is C16H23ClN2O4S. The second kappa shape index (κ2) is 9.76. The highest BCUT2D eigenvalue weighted by atomic mass is 35.5. The summed E-state index contributed by atoms with van der Waals surface area (Å²) < 4.78 is 5.23. The number of carbonyl (C=O) groups excluding carboxylic acids is 2. The number of nitrogens with zero attached hydrogens (tertiary/aromatic N) is 1. The monoisotopic (exact) mass is 374 g/mol. The number of hydrogen-bond donors (Lipinski definition) is 2. The fourth-order valence-corrected chi connectivity index (χ4v) is 2.47. The lowest BCUT2D eigenvalue weighted by atomic mass is 10.2. The van der Waals surface area contributed by atoms with E-state index in [1.165, 1.54) is 11.3 Å². The molecule has 0 saturated carbocycles. The minimum absolute atomic E-state index is 0.0386. The normalized spacial score (nSPS) is 13.0. The number of rotatable bonds is 8. The summed E-state index contributed by atoms with van der Waals surface area (Å²) in [5.74, 6) is -0.317. The Morgan fingerprint density at radius 3 is 2.83 bits per heavy atom. The summed E-state index contributed by atoms with van der Waals surface area (Å²) >= 11 is 6.78. The lowest BCUT2D eigenvalue weighted by Gasteiger charge is -2.18. The van der Waals surface area contributed by atoms with E-state index in [0.717, 1.165) is 0 Å². The fraction of sp³-hybridized carbons (Fsp3) is 0.562. The zero-order valence-corrected chi connectivity index (χ0v) is 15.6. The van der Waals surface area contributed by atoms with Gasteiger partial charge in [-0.15, -0.1) is 22.9 Å². The highest BCUT2D eigenvalue weighted by Gasteiger charge is 2.20. The molecule has 1 rings (SSSR count). The van der Waals surface area contributed by atoms with Crippen molar-refractivity contribution in [3.8, 4) is 0 Å². The Morgan fingerprint density at radius 1 is 1.50 bits per heavy atom. The van der Waals surface area contributed by atoms with Crippen molar-refractivity contribution < 1.29 is 19.4 Å². The molecule has 1 atom stereocenters. The number of esters is 1. The molecule has 0 aliphatic rings. The zero-order chi connectivity index (χ0) is 18.2. The average Bonchev–Trinajstić information content (AvgIpc) is 2.92. The van der Waals surface area contributed by atoms with E-state index in [1.54, 1.807) is 38.3 Å². The van der Waals surface area contributed by atoms with Crippen LogP contribution in [0.15, 0.2) is 17.5 Å². The van der Waals surface area contributed by atoms with Crippen LogP contribution in [0.2, 0.25) is 0 Å². The Labute approximate surface area is 150 Å². The number of nitrogens with one attached hydrogen (secondary N) is 1. The van der Waals surface area contributed by atoms with E-state index in [0.29, 0.717) is 17.3 Å². The van der Waals surface area contributed by atoms with E-state index in [2.05, 4.69) is 10.3 Å². The van der Waals surface area contributed by atoms with Crippen LogP contribution < -0.4 is 5.32 Å². The molecule has 0 unspecified atom stereocenters. The highest BCUT2D eigenvalue weighted by molar-refractivity contribution is 7.09. The maximum atomic E-state index is 11.9. The zero-order valence-electron chi connectivity index (χ0n) is 14.0. The molecule has 0 aliphatic heterocycles. The second-order valence-corrected chi connectivity index (χ2v) is 7.40. The Balaban J connectivity index is 2.43. The first-order valence-electron chi connectivity index (χ1n) is 7.56. The fourth-order valence-electron chi connectivity index (χ4n) is 1.64. The summed E-state index contributed by atoms with van der Waals surface area (Å²) in [7, 11) is 0. The van der Waals surface area contributed by atoms with Crippen LogP contribution in [-0.4, -0.2) is 39.6 Å². The van der Waals surface area contributed by atoms with Gasteiger partial charge >= 0.3 is 5.97 Å². The van der Waals surface area contributed by atoms with Crippen LogP contribution in [-0.2, 0) is 16.1 Å². The SMILES string of the molecule is CC(C)(C)OC(=O)c1csc(CNC(=O)C[C@H](O)C=CCCCl)n1. The number of alkyl halides is 1. The van der Waals surface area contributed by atoms with E-state index in [4.69, 9.17) is 16.3 Å². The molecule has 1 aromatic heterocycles. The van der Waals surface area contributed by atoms with Crippen LogP contribution in [0.4, 0.5) is 0 Å². The Bertz CT molecular complexity index is 581. The third-order valence-corrected chi connectivity index (χ3v) is 3.69. The molecule has 1 heterocycles. The van der Waals surface area contributed by atoms with Gasteiger partial charge in [0.15, 0.2) is 5.69 Å². The van der Waals surface area contributed by atoms with Gasteiger partial charge in [-0.3, -0.25) is 4.79 Å².